The van der Waals surface area contributed by atoms with Crippen molar-refractivity contribution in [3.63, 3.8) is 0 Å². The molecule has 0 spiro atoms. The van der Waals surface area contributed by atoms with Crippen LogP contribution in [0.1, 0.15) is 49.5 Å². The summed E-state index contributed by atoms with van der Waals surface area (Å²) in [5.74, 6) is 0.692. The smallest absolute Gasteiger partial charge is 0.251 e. The van der Waals surface area contributed by atoms with Crippen LogP contribution in [0.3, 0.4) is 0 Å². The van der Waals surface area contributed by atoms with Crippen LogP contribution >= 0.6 is 0 Å². The number of carbonyl (C=O) groups is 1. The third-order valence-corrected chi connectivity index (χ3v) is 4.34. The summed E-state index contributed by atoms with van der Waals surface area (Å²) >= 11 is 0. The lowest BCUT2D eigenvalue weighted by Gasteiger charge is -2.07. The number of hydrogen-bond acceptors (Lipinski definition) is 3. The van der Waals surface area contributed by atoms with E-state index < -0.39 is 0 Å². The maximum absolute atomic E-state index is 12.2. The maximum atomic E-state index is 12.2. The first-order valence-corrected chi connectivity index (χ1v) is 9.73. The summed E-state index contributed by atoms with van der Waals surface area (Å²) in [6.07, 6.45) is 10.8. The molecule has 28 heavy (non-hydrogen) atoms. The molecule has 0 radical (unpaired) electrons. The first-order valence-electron chi connectivity index (χ1n) is 9.73. The van der Waals surface area contributed by atoms with Crippen molar-refractivity contribution >= 4 is 5.91 Å². The lowest BCUT2D eigenvalue weighted by molar-refractivity contribution is 0.0954. The van der Waals surface area contributed by atoms with Gasteiger partial charge in [0.2, 0.25) is 0 Å². The number of aromatic nitrogens is 1. The number of allylic oxidation sites excluding steroid dienone is 3. The number of nitrogens with one attached hydrogen (secondary N) is 1. The molecule has 148 valence electrons. The minimum atomic E-state index is -0.0735. The number of nitrogens with zero attached hydrogens (tertiary/aromatic N) is 1. The van der Waals surface area contributed by atoms with Crippen LogP contribution in [-0.2, 0) is 6.42 Å². The highest BCUT2D eigenvalue weighted by Crippen LogP contribution is 2.13. The molecule has 0 bridgehead atoms. The highest BCUT2D eigenvalue weighted by atomic mass is 16.5. The second-order valence-electron chi connectivity index (χ2n) is 7.07. The molecule has 0 aliphatic rings. The number of benzene rings is 1. The number of rotatable bonds is 10. The Labute approximate surface area is 168 Å². The van der Waals surface area contributed by atoms with Gasteiger partial charge in [-0.3, -0.25) is 9.78 Å². The third-order valence-electron chi connectivity index (χ3n) is 4.34. The minimum absolute atomic E-state index is 0.0735. The van der Waals surface area contributed by atoms with Gasteiger partial charge in [0.05, 0.1) is 0 Å². The summed E-state index contributed by atoms with van der Waals surface area (Å²) in [5.41, 5.74) is 4.46. The summed E-state index contributed by atoms with van der Waals surface area (Å²) in [7, 11) is 0. The fraction of sp³-hybridized carbons (Fsp3) is 0.333. The predicted molar refractivity (Wildman–Crippen MR) is 115 cm³/mol. The fourth-order valence-corrected chi connectivity index (χ4v) is 2.65. The van der Waals surface area contributed by atoms with E-state index in [1.165, 1.54) is 11.1 Å². The molecule has 4 heteroatoms. The standard InChI is InChI=1S/C24H30N2O2/c1-19(2)5-4-6-20(3)14-18-28-23-9-7-22(8-10-23)24(27)26-17-13-21-11-15-25-16-12-21/h5,7-12,14-16H,4,6,13,17-18H2,1-3H3,(H,26,27)/b20-14+. The lowest BCUT2D eigenvalue weighted by atomic mass is 10.1. The molecule has 0 saturated carbocycles. The third kappa shape index (κ3) is 8.21. The highest BCUT2D eigenvalue weighted by Gasteiger charge is 2.05. The first kappa shape index (κ1) is 21.4. The zero-order valence-electron chi connectivity index (χ0n) is 17.1. The van der Waals surface area contributed by atoms with Gasteiger partial charge >= 0.3 is 0 Å². The van der Waals surface area contributed by atoms with Gasteiger partial charge in [0.15, 0.2) is 0 Å². The Kier molecular flexibility index (Phi) is 8.99. The molecule has 1 aromatic heterocycles. The SMILES string of the molecule is CC(C)=CCC/C(C)=C/COc1ccc(C(=O)NCCc2ccncc2)cc1. The van der Waals surface area contributed by atoms with Crippen molar-refractivity contribution in [2.24, 2.45) is 0 Å². The Morgan fingerprint density at radius 2 is 1.75 bits per heavy atom. The van der Waals surface area contributed by atoms with Gasteiger partial charge in [-0.1, -0.05) is 17.2 Å². The molecular weight excluding hydrogens is 348 g/mol. The zero-order valence-corrected chi connectivity index (χ0v) is 17.1. The Morgan fingerprint density at radius 3 is 2.43 bits per heavy atom. The molecule has 2 rings (SSSR count). The Hall–Kier alpha value is -2.88. The molecule has 0 unspecified atom stereocenters. The minimum Gasteiger partial charge on any atom is -0.490 e. The van der Waals surface area contributed by atoms with E-state index in [4.69, 9.17) is 4.74 Å². The number of ether oxygens (including phenoxy) is 1. The van der Waals surface area contributed by atoms with E-state index in [0.29, 0.717) is 18.7 Å². The maximum Gasteiger partial charge on any atom is 0.251 e. The number of pyridine rings is 1. The van der Waals surface area contributed by atoms with E-state index >= 15 is 0 Å². The summed E-state index contributed by atoms with van der Waals surface area (Å²) in [4.78, 5) is 16.2. The molecule has 1 heterocycles. The van der Waals surface area contributed by atoms with Crippen molar-refractivity contribution in [3.8, 4) is 5.75 Å². The van der Waals surface area contributed by atoms with Gasteiger partial charge in [0.25, 0.3) is 5.91 Å². The quantitative estimate of drug-likeness (QED) is 0.583. The van der Waals surface area contributed by atoms with Crippen molar-refractivity contribution < 1.29 is 9.53 Å². The van der Waals surface area contributed by atoms with E-state index in [0.717, 1.165) is 30.6 Å². The highest BCUT2D eigenvalue weighted by molar-refractivity contribution is 5.94. The van der Waals surface area contributed by atoms with Crippen LogP contribution in [-0.4, -0.2) is 24.0 Å². The predicted octanol–water partition coefficient (Wildman–Crippen LogP) is 5.13. The average Bonchev–Trinajstić information content (AvgIpc) is 2.69. The van der Waals surface area contributed by atoms with Crippen molar-refractivity contribution in [3.05, 3.63) is 83.2 Å². The fourth-order valence-electron chi connectivity index (χ4n) is 2.65. The Bertz CT molecular complexity index is 789. The van der Waals surface area contributed by atoms with Crippen LogP contribution in [0.2, 0.25) is 0 Å². The summed E-state index contributed by atoms with van der Waals surface area (Å²) in [6.45, 7) is 7.50. The van der Waals surface area contributed by atoms with Crippen LogP contribution in [0.15, 0.2) is 72.1 Å². The van der Waals surface area contributed by atoms with Crippen LogP contribution in [0, 0.1) is 0 Å². The van der Waals surface area contributed by atoms with Crippen LogP contribution < -0.4 is 10.1 Å². The first-order chi connectivity index (χ1) is 13.5. The molecule has 0 fully saturated rings. The molecular formula is C24H30N2O2. The van der Waals surface area contributed by atoms with Gasteiger partial charge in [0.1, 0.15) is 12.4 Å². The van der Waals surface area contributed by atoms with Crippen LogP contribution in [0.25, 0.3) is 0 Å². The molecule has 2 aromatic rings. The number of carbonyl (C=O) groups excluding carboxylic acids is 1. The van der Waals surface area contributed by atoms with Crippen molar-refractivity contribution in [2.45, 2.75) is 40.0 Å². The normalized spacial score (nSPS) is 11.0. The van der Waals surface area contributed by atoms with Gasteiger partial charge in [-0.25, -0.2) is 0 Å². The largest absolute Gasteiger partial charge is 0.490 e. The van der Waals surface area contributed by atoms with E-state index in [1.54, 1.807) is 24.5 Å². The topological polar surface area (TPSA) is 51.2 Å². The lowest BCUT2D eigenvalue weighted by Crippen LogP contribution is -2.25. The zero-order chi connectivity index (χ0) is 20.2. The second kappa shape index (κ2) is 11.8. The molecule has 1 N–H and O–H groups in total. The molecule has 1 aromatic carbocycles. The van der Waals surface area contributed by atoms with Gasteiger partial charge in [-0.2, -0.15) is 0 Å². The van der Waals surface area contributed by atoms with Crippen molar-refractivity contribution in [1.82, 2.24) is 10.3 Å². The second-order valence-corrected chi connectivity index (χ2v) is 7.07. The van der Waals surface area contributed by atoms with E-state index in [1.807, 2.05) is 24.3 Å². The summed E-state index contributed by atoms with van der Waals surface area (Å²) in [6, 6.07) is 11.2. The average molecular weight is 379 g/mol. The summed E-state index contributed by atoms with van der Waals surface area (Å²) < 4.78 is 5.75. The Morgan fingerprint density at radius 1 is 1.04 bits per heavy atom. The number of amides is 1. The molecule has 0 saturated heterocycles. The van der Waals surface area contributed by atoms with Crippen molar-refractivity contribution in [1.29, 1.82) is 0 Å². The van der Waals surface area contributed by atoms with Crippen molar-refractivity contribution in [2.75, 3.05) is 13.2 Å². The molecule has 4 nitrogen and oxygen atoms in total. The van der Waals surface area contributed by atoms with E-state index in [-0.39, 0.29) is 5.91 Å². The molecule has 0 atom stereocenters. The van der Waals surface area contributed by atoms with Gasteiger partial charge in [0, 0.05) is 24.5 Å². The van der Waals surface area contributed by atoms with E-state index in [2.05, 4.69) is 43.2 Å². The van der Waals surface area contributed by atoms with Crippen LogP contribution in [0.4, 0.5) is 0 Å². The van der Waals surface area contributed by atoms with Gasteiger partial charge in [-0.05, 0) is 88.1 Å². The Balaban J connectivity index is 1.73. The van der Waals surface area contributed by atoms with Gasteiger partial charge in [-0.15, -0.1) is 0 Å². The molecule has 0 aliphatic heterocycles. The van der Waals surface area contributed by atoms with E-state index in [9.17, 15) is 4.79 Å². The molecule has 0 aliphatic carbocycles. The number of hydrogen-bond donors (Lipinski definition) is 1. The molecule has 1 amide bonds. The van der Waals surface area contributed by atoms with Crippen LogP contribution in [0.5, 0.6) is 5.75 Å². The summed E-state index contributed by atoms with van der Waals surface area (Å²) in [5, 5.41) is 2.94. The van der Waals surface area contributed by atoms with Gasteiger partial charge < -0.3 is 10.1 Å². The monoisotopic (exact) mass is 378 g/mol.